The average Bonchev–Trinajstić information content (AvgIpc) is 3.14. The minimum absolute atomic E-state index is 0.0943. The number of likely N-dealkylation sites (tertiary alicyclic amines) is 1. The van der Waals surface area contributed by atoms with Gasteiger partial charge >= 0.3 is 0 Å². The van der Waals surface area contributed by atoms with Crippen molar-refractivity contribution in [2.45, 2.75) is 84.6 Å². The molecule has 2 fully saturated rings. The van der Waals surface area contributed by atoms with Crippen molar-refractivity contribution in [3.8, 4) is 0 Å². The van der Waals surface area contributed by atoms with E-state index in [9.17, 15) is 14.4 Å². The number of amides is 3. The molecule has 7 heteroatoms. The smallest absolute Gasteiger partial charge is 0.233 e. The lowest BCUT2D eigenvalue weighted by Crippen LogP contribution is -2.34. The number of aromatic nitrogens is 2. The Kier molecular flexibility index (Phi) is 5.62. The van der Waals surface area contributed by atoms with Gasteiger partial charge in [-0.1, -0.05) is 33.6 Å². The van der Waals surface area contributed by atoms with Crippen LogP contribution in [-0.4, -0.2) is 38.9 Å². The van der Waals surface area contributed by atoms with E-state index in [0.717, 1.165) is 31.4 Å². The molecule has 3 amide bonds. The van der Waals surface area contributed by atoms with Crippen LogP contribution in [0.2, 0.25) is 0 Å². The van der Waals surface area contributed by atoms with E-state index < -0.39 is 0 Å². The summed E-state index contributed by atoms with van der Waals surface area (Å²) in [5.74, 6) is -0.108. The van der Waals surface area contributed by atoms with Crippen LogP contribution in [0, 0.1) is 11.8 Å². The fraction of sp³-hybridized carbons (Fsp3) is 0.727. The van der Waals surface area contributed by atoms with E-state index in [1.54, 1.807) is 0 Å². The van der Waals surface area contributed by atoms with Gasteiger partial charge in [0, 0.05) is 24.4 Å². The van der Waals surface area contributed by atoms with Crippen LogP contribution in [-0.2, 0) is 25.3 Å². The van der Waals surface area contributed by atoms with E-state index in [2.05, 4.69) is 26.1 Å². The lowest BCUT2D eigenvalue weighted by molar-refractivity contribution is -0.140. The van der Waals surface area contributed by atoms with Gasteiger partial charge in [0.1, 0.15) is 5.82 Å². The molecule has 1 N–H and O–H groups in total. The normalized spacial score (nSPS) is 22.8. The Morgan fingerprint density at radius 1 is 1.07 bits per heavy atom. The minimum atomic E-state index is -0.289. The fourth-order valence-electron chi connectivity index (χ4n) is 4.22. The molecule has 160 valence electrons. The van der Waals surface area contributed by atoms with Gasteiger partial charge in [-0.15, -0.1) is 0 Å². The summed E-state index contributed by atoms with van der Waals surface area (Å²) in [4.78, 5) is 39.1. The van der Waals surface area contributed by atoms with Crippen LogP contribution >= 0.6 is 0 Å². The number of rotatable bonds is 4. The van der Waals surface area contributed by atoms with Gasteiger partial charge in [-0.05, 0) is 33.6 Å². The Labute approximate surface area is 173 Å². The van der Waals surface area contributed by atoms with Gasteiger partial charge in [0.15, 0.2) is 0 Å². The molecule has 1 aliphatic heterocycles. The van der Waals surface area contributed by atoms with E-state index in [0.29, 0.717) is 5.82 Å². The highest BCUT2D eigenvalue weighted by atomic mass is 16.2. The van der Waals surface area contributed by atoms with Crippen LogP contribution in [0.5, 0.6) is 0 Å². The quantitative estimate of drug-likeness (QED) is 0.782. The standard InChI is InChI=1S/C22H34N4O3/c1-21(2,3)16-13-17(26(24-16)22(4,5)6)23-18(27)11-12-25-19(28)14-9-7-8-10-15(14)20(25)29/h13-15H,7-12H2,1-6H3,(H,23,27). The third kappa shape index (κ3) is 4.38. The molecule has 2 heterocycles. The second-order valence-corrected chi connectivity index (χ2v) is 10.4. The molecule has 1 aliphatic carbocycles. The molecular weight excluding hydrogens is 368 g/mol. The first kappa shape index (κ1) is 21.5. The lowest BCUT2D eigenvalue weighted by atomic mass is 9.81. The summed E-state index contributed by atoms with van der Waals surface area (Å²) >= 11 is 0. The first-order valence-corrected chi connectivity index (χ1v) is 10.7. The third-order valence-electron chi connectivity index (χ3n) is 5.88. The SMILES string of the molecule is CC(C)(C)c1cc(NC(=O)CCN2C(=O)C3CCCCC3C2=O)n(C(C)(C)C)n1. The van der Waals surface area contributed by atoms with Crippen LogP contribution in [0.4, 0.5) is 5.82 Å². The molecule has 0 spiro atoms. The van der Waals surface area contributed by atoms with Crippen molar-refractivity contribution in [1.29, 1.82) is 0 Å². The largest absolute Gasteiger partial charge is 0.311 e. The van der Waals surface area contributed by atoms with E-state index in [1.165, 1.54) is 4.90 Å². The molecule has 0 aromatic carbocycles. The number of anilines is 1. The number of fused-ring (bicyclic) bond motifs is 1. The molecule has 2 unspecified atom stereocenters. The zero-order valence-corrected chi connectivity index (χ0v) is 18.5. The van der Waals surface area contributed by atoms with E-state index in [4.69, 9.17) is 5.10 Å². The maximum Gasteiger partial charge on any atom is 0.233 e. The first-order valence-electron chi connectivity index (χ1n) is 10.7. The number of nitrogens with zero attached hydrogens (tertiary/aromatic N) is 3. The van der Waals surface area contributed by atoms with Crippen LogP contribution in [0.3, 0.4) is 0 Å². The second kappa shape index (κ2) is 7.58. The number of hydrogen-bond acceptors (Lipinski definition) is 4. The van der Waals surface area contributed by atoms with Crippen molar-refractivity contribution in [3.05, 3.63) is 11.8 Å². The summed E-state index contributed by atoms with van der Waals surface area (Å²) in [6.45, 7) is 12.5. The maximum absolute atomic E-state index is 12.6. The summed E-state index contributed by atoms with van der Waals surface area (Å²) in [5, 5.41) is 7.64. The topological polar surface area (TPSA) is 84.3 Å². The van der Waals surface area contributed by atoms with E-state index in [1.807, 2.05) is 31.5 Å². The van der Waals surface area contributed by atoms with Crippen LogP contribution in [0.1, 0.15) is 79.3 Å². The van der Waals surface area contributed by atoms with Crippen molar-refractivity contribution in [2.24, 2.45) is 11.8 Å². The van der Waals surface area contributed by atoms with Gasteiger partial charge in [-0.2, -0.15) is 5.10 Å². The molecule has 2 atom stereocenters. The predicted molar refractivity (Wildman–Crippen MR) is 111 cm³/mol. The Morgan fingerprint density at radius 2 is 1.62 bits per heavy atom. The Hall–Kier alpha value is -2.18. The molecule has 3 rings (SSSR count). The van der Waals surface area contributed by atoms with Crippen molar-refractivity contribution >= 4 is 23.5 Å². The zero-order chi connectivity index (χ0) is 21.6. The summed E-state index contributed by atoms with van der Waals surface area (Å²) in [5.41, 5.74) is 0.472. The molecule has 29 heavy (non-hydrogen) atoms. The summed E-state index contributed by atoms with van der Waals surface area (Å²) in [7, 11) is 0. The van der Waals surface area contributed by atoms with E-state index in [-0.39, 0.29) is 53.5 Å². The number of carbonyl (C=O) groups is 3. The predicted octanol–water partition coefficient (Wildman–Crippen LogP) is 3.44. The highest BCUT2D eigenvalue weighted by Gasteiger charge is 2.47. The first-order chi connectivity index (χ1) is 13.4. The number of imide groups is 1. The van der Waals surface area contributed by atoms with Crippen molar-refractivity contribution in [1.82, 2.24) is 14.7 Å². The highest BCUT2D eigenvalue weighted by Crippen LogP contribution is 2.38. The summed E-state index contributed by atoms with van der Waals surface area (Å²) in [6, 6.07) is 1.91. The van der Waals surface area contributed by atoms with Gasteiger partial charge in [0.25, 0.3) is 0 Å². The van der Waals surface area contributed by atoms with Gasteiger partial charge in [-0.3, -0.25) is 19.3 Å². The molecule has 1 aromatic rings. The maximum atomic E-state index is 12.6. The molecule has 1 aromatic heterocycles. The molecule has 0 bridgehead atoms. The van der Waals surface area contributed by atoms with Gasteiger partial charge in [-0.25, -0.2) is 4.68 Å². The van der Waals surface area contributed by atoms with Gasteiger partial charge in [0.05, 0.1) is 23.1 Å². The Bertz CT molecular complexity index is 789. The molecule has 0 radical (unpaired) electrons. The minimum Gasteiger partial charge on any atom is -0.311 e. The van der Waals surface area contributed by atoms with Crippen LogP contribution in [0.15, 0.2) is 6.07 Å². The zero-order valence-electron chi connectivity index (χ0n) is 18.5. The van der Waals surface area contributed by atoms with Gasteiger partial charge < -0.3 is 5.32 Å². The third-order valence-corrected chi connectivity index (χ3v) is 5.88. The molecule has 1 saturated carbocycles. The van der Waals surface area contributed by atoms with Gasteiger partial charge in [0.2, 0.25) is 17.7 Å². The number of carbonyl (C=O) groups excluding carboxylic acids is 3. The monoisotopic (exact) mass is 402 g/mol. The second-order valence-electron chi connectivity index (χ2n) is 10.4. The molecule has 1 saturated heterocycles. The Morgan fingerprint density at radius 3 is 2.10 bits per heavy atom. The van der Waals surface area contributed by atoms with Crippen molar-refractivity contribution in [2.75, 3.05) is 11.9 Å². The fourth-order valence-corrected chi connectivity index (χ4v) is 4.22. The van der Waals surface area contributed by atoms with Crippen LogP contribution < -0.4 is 5.32 Å². The number of nitrogens with one attached hydrogen (secondary N) is 1. The average molecular weight is 403 g/mol. The van der Waals surface area contributed by atoms with Crippen LogP contribution in [0.25, 0.3) is 0 Å². The van der Waals surface area contributed by atoms with Crippen molar-refractivity contribution in [3.63, 3.8) is 0 Å². The number of hydrogen-bond donors (Lipinski definition) is 1. The summed E-state index contributed by atoms with van der Waals surface area (Å²) in [6.07, 6.45) is 3.68. The molecule has 7 nitrogen and oxygen atoms in total. The van der Waals surface area contributed by atoms with Crippen molar-refractivity contribution < 1.29 is 14.4 Å². The van der Waals surface area contributed by atoms with E-state index >= 15 is 0 Å². The Balaban J connectivity index is 1.68. The molecular formula is C22H34N4O3. The summed E-state index contributed by atoms with van der Waals surface area (Å²) < 4.78 is 1.83. The highest BCUT2D eigenvalue weighted by molar-refractivity contribution is 6.05. The lowest BCUT2D eigenvalue weighted by Gasteiger charge is -2.23. The molecule has 2 aliphatic rings.